The quantitative estimate of drug-likeness (QED) is 0.475. The molecule has 9 heteroatoms. The van der Waals surface area contributed by atoms with Crippen LogP contribution >= 0.6 is 0 Å². The minimum atomic E-state index is -5.08. The van der Waals surface area contributed by atoms with Crippen LogP contribution in [0.5, 0.6) is 0 Å². The molecule has 1 fully saturated rings. The highest BCUT2D eigenvalue weighted by molar-refractivity contribution is 5.76. The first-order valence-electron chi connectivity index (χ1n) is 3.82. The summed E-state index contributed by atoms with van der Waals surface area (Å²) in [5.74, 6) is -2.76. The zero-order valence-electron chi connectivity index (χ0n) is 7.47. The van der Waals surface area contributed by atoms with Crippen LogP contribution in [-0.4, -0.2) is 42.4 Å². The summed E-state index contributed by atoms with van der Waals surface area (Å²) in [4.78, 5) is 19.2. The second-order valence-electron chi connectivity index (χ2n) is 2.59. The first-order chi connectivity index (χ1) is 6.77. The van der Waals surface area contributed by atoms with Crippen LogP contribution in [0.25, 0.3) is 0 Å². The van der Waals surface area contributed by atoms with Crippen molar-refractivity contribution in [3.05, 3.63) is 0 Å². The standard InChI is InChI=1S/C4H9N3O.C2HF3O2/c5-1-3-2-6-4(8)7-3;3-2(4,5)1(6)7/h3H,1-2,5H2,(H2,6,7,8);(H,6,7). The van der Waals surface area contributed by atoms with Crippen molar-refractivity contribution in [2.75, 3.05) is 13.1 Å². The average molecular weight is 229 g/mol. The third-order valence-corrected chi connectivity index (χ3v) is 1.37. The molecule has 1 saturated heterocycles. The highest BCUT2D eigenvalue weighted by Gasteiger charge is 2.38. The Hall–Kier alpha value is -1.51. The normalized spacial score (nSPS) is 19.7. The van der Waals surface area contributed by atoms with Crippen LogP contribution in [0, 0.1) is 0 Å². The number of hydrogen-bond acceptors (Lipinski definition) is 3. The van der Waals surface area contributed by atoms with Gasteiger partial charge in [0, 0.05) is 13.1 Å². The fourth-order valence-electron chi connectivity index (χ4n) is 0.646. The molecule has 1 rings (SSSR count). The molecule has 0 bridgehead atoms. The number of urea groups is 1. The Balaban J connectivity index is 0.000000265. The van der Waals surface area contributed by atoms with E-state index in [0.717, 1.165) is 0 Å². The average Bonchev–Trinajstić information content (AvgIpc) is 2.50. The molecule has 2 amide bonds. The number of halogens is 3. The van der Waals surface area contributed by atoms with Gasteiger partial charge in [-0.25, -0.2) is 9.59 Å². The number of carbonyl (C=O) groups is 2. The summed E-state index contributed by atoms with van der Waals surface area (Å²) in [6, 6.07) is 0.0305. The number of carboxylic acids is 1. The number of carbonyl (C=O) groups excluding carboxylic acids is 1. The Morgan fingerprint density at radius 1 is 1.60 bits per heavy atom. The molecule has 1 unspecified atom stereocenters. The lowest BCUT2D eigenvalue weighted by molar-refractivity contribution is -0.192. The fourth-order valence-corrected chi connectivity index (χ4v) is 0.646. The van der Waals surface area contributed by atoms with Crippen LogP contribution < -0.4 is 16.4 Å². The lowest BCUT2D eigenvalue weighted by atomic mass is 10.3. The minimum absolute atomic E-state index is 0.111. The van der Waals surface area contributed by atoms with Crippen molar-refractivity contribution in [3.8, 4) is 0 Å². The van der Waals surface area contributed by atoms with Crippen LogP contribution in [-0.2, 0) is 4.79 Å². The van der Waals surface area contributed by atoms with E-state index in [1.165, 1.54) is 0 Å². The van der Waals surface area contributed by atoms with Gasteiger partial charge in [0.15, 0.2) is 0 Å². The van der Waals surface area contributed by atoms with E-state index in [2.05, 4.69) is 10.6 Å². The number of alkyl halides is 3. The van der Waals surface area contributed by atoms with E-state index in [4.69, 9.17) is 15.6 Å². The molecule has 0 spiro atoms. The highest BCUT2D eigenvalue weighted by atomic mass is 19.4. The maximum absolute atomic E-state index is 10.6. The predicted molar refractivity (Wildman–Crippen MR) is 43.1 cm³/mol. The third kappa shape index (κ3) is 5.73. The molecule has 0 aliphatic carbocycles. The number of aliphatic carboxylic acids is 1. The molecule has 1 atom stereocenters. The summed E-state index contributed by atoms with van der Waals surface area (Å²) < 4.78 is 31.7. The first kappa shape index (κ1) is 13.5. The van der Waals surface area contributed by atoms with E-state index in [1.54, 1.807) is 0 Å². The molecule has 5 N–H and O–H groups in total. The zero-order chi connectivity index (χ0) is 12.1. The van der Waals surface area contributed by atoms with Gasteiger partial charge in [-0.15, -0.1) is 0 Å². The number of carboxylic acid groups (broad SMARTS) is 1. The van der Waals surface area contributed by atoms with Crippen LogP contribution in [0.15, 0.2) is 0 Å². The van der Waals surface area contributed by atoms with Crippen molar-refractivity contribution in [1.29, 1.82) is 0 Å². The van der Waals surface area contributed by atoms with E-state index in [-0.39, 0.29) is 12.1 Å². The molecule has 15 heavy (non-hydrogen) atoms. The second kappa shape index (κ2) is 5.39. The van der Waals surface area contributed by atoms with Gasteiger partial charge in [-0.05, 0) is 0 Å². The van der Waals surface area contributed by atoms with E-state index in [9.17, 15) is 18.0 Å². The van der Waals surface area contributed by atoms with E-state index in [0.29, 0.717) is 13.1 Å². The Labute approximate surface area is 82.6 Å². The van der Waals surface area contributed by atoms with Gasteiger partial charge in [0.25, 0.3) is 0 Å². The van der Waals surface area contributed by atoms with Gasteiger partial charge in [0.1, 0.15) is 0 Å². The predicted octanol–water partition coefficient (Wildman–Crippen LogP) is -0.740. The Morgan fingerprint density at radius 2 is 2.07 bits per heavy atom. The molecule has 1 aliphatic heterocycles. The smallest absolute Gasteiger partial charge is 0.475 e. The molecule has 0 aromatic heterocycles. The van der Waals surface area contributed by atoms with Crippen LogP contribution in [0.3, 0.4) is 0 Å². The molecule has 0 radical (unpaired) electrons. The van der Waals surface area contributed by atoms with Gasteiger partial charge in [-0.3, -0.25) is 0 Å². The van der Waals surface area contributed by atoms with Gasteiger partial charge in [-0.1, -0.05) is 0 Å². The van der Waals surface area contributed by atoms with E-state index < -0.39 is 12.1 Å². The number of rotatable bonds is 1. The van der Waals surface area contributed by atoms with Crippen molar-refractivity contribution in [3.63, 3.8) is 0 Å². The first-order valence-corrected chi connectivity index (χ1v) is 3.82. The number of hydrogen-bond donors (Lipinski definition) is 4. The van der Waals surface area contributed by atoms with E-state index in [1.807, 2.05) is 0 Å². The molecule has 0 saturated carbocycles. The maximum Gasteiger partial charge on any atom is 0.490 e. The zero-order valence-corrected chi connectivity index (χ0v) is 7.47. The van der Waals surface area contributed by atoms with Gasteiger partial charge >= 0.3 is 18.2 Å². The molecular formula is C6H10F3N3O3. The molecule has 0 aromatic rings. The van der Waals surface area contributed by atoms with Crippen molar-refractivity contribution < 1.29 is 27.9 Å². The highest BCUT2D eigenvalue weighted by Crippen LogP contribution is 2.13. The van der Waals surface area contributed by atoms with Gasteiger partial charge in [-0.2, -0.15) is 13.2 Å². The Bertz CT molecular complexity index is 244. The molecule has 1 heterocycles. The largest absolute Gasteiger partial charge is 0.490 e. The van der Waals surface area contributed by atoms with Crippen molar-refractivity contribution in [2.24, 2.45) is 5.73 Å². The topological polar surface area (TPSA) is 104 Å². The molecular weight excluding hydrogens is 219 g/mol. The van der Waals surface area contributed by atoms with Crippen LogP contribution in [0.4, 0.5) is 18.0 Å². The van der Waals surface area contributed by atoms with E-state index >= 15 is 0 Å². The molecule has 6 nitrogen and oxygen atoms in total. The van der Waals surface area contributed by atoms with Crippen molar-refractivity contribution >= 4 is 12.0 Å². The summed E-state index contributed by atoms with van der Waals surface area (Å²) >= 11 is 0. The number of nitrogens with two attached hydrogens (primary N) is 1. The molecule has 1 aliphatic rings. The SMILES string of the molecule is NCC1CNC(=O)N1.O=C(O)C(F)(F)F. The lowest BCUT2D eigenvalue weighted by Gasteiger charge is -2.00. The number of nitrogens with one attached hydrogen (secondary N) is 2. The van der Waals surface area contributed by atoms with Gasteiger partial charge in [0.05, 0.1) is 6.04 Å². The summed E-state index contributed by atoms with van der Waals surface area (Å²) in [5, 5.41) is 12.3. The summed E-state index contributed by atoms with van der Waals surface area (Å²) in [7, 11) is 0. The second-order valence-corrected chi connectivity index (χ2v) is 2.59. The molecule has 88 valence electrons. The molecule has 0 aromatic carbocycles. The van der Waals surface area contributed by atoms with Crippen LogP contribution in [0.2, 0.25) is 0 Å². The lowest BCUT2D eigenvalue weighted by Crippen LogP contribution is -2.33. The summed E-state index contributed by atoms with van der Waals surface area (Å²) in [6.45, 7) is 1.17. The van der Waals surface area contributed by atoms with Crippen molar-refractivity contribution in [2.45, 2.75) is 12.2 Å². The van der Waals surface area contributed by atoms with Crippen LogP contribution in [0.1, 0.15) is 0 Å². The van der Waals surface area contributed by atoms with Gasteiger partial charge < -0.3 is 21.5 Å². The Kier molecular flexibility index (Phi) is 4.85. The summed E-state index contributed by atoms with van der Waals surface area (Å²) in [6.07, 6.45) is -5.08. The fraction of sp³-hybridized carbons (Fsp3) is 0.667. The Morgan fingerprint density at radius 3 is 2.20 bits per heavy atom. The minimum Gasteiger partial charge on any atom is -0.475 e. The monoisotopic (exact) mass is 229 g/mol. The van der Waals surface area contributed by atoms with Crippen molar-refractivity contribution in [1.82, 2.24) is 10.6 Å². The third-order valence-electron chi connectivity index (χ3n) is 1.37. The maximum atomic E-state index is 10.6. The summed E-state index contributed by atoms with van der Waals surface area (Å²) in [5.41, 5.74) is 5.24. The van der Waals surface area contributed by atoms with Gasteiger partial charge in [0.2, 0.25) is 0 Å². The number of amides is 2.